The summed E-state index contributed by atoms with van der Waals surface area (Å²) in [4.78, 5) is 16.3. The van der Waals surface area contributed by atoms with E-state index in [0.29, 0.717) is 11.1 Å². The number of rotatable bonds is 6. The molecule has 0 bridgehead atoms. The molecule has 0 N–H and O–H groups in total. The monoisotopic (exact) mass is 529 g/mol. The predicted octanol–water partition coefficient (Wildman–Crippen LogP) is 6.77. The lowest BCUT2D eigenvalue weighted by atomic mass is 10.0. The SMILES string of the molecule is Cc1c(C(=O)N(Cc2ccccc2C#N)c2ccc3c(cnn3C3CCCCO3)c2)c(-c2ccccc2)cn1C. The summed E-state index contributed by atoms with van der Waals surface area (Å²) in [6.07, 6.45) is 6.90. The van der Waals surface area contributed by atoms with Crippen LogP contribution in [-0.2, 0) is 18.3 Å². The van der Waals surface area contributed by atoms with Crippen LogP contribution in [0.5, 0.6) is 0 Å². The number of nitrogens with zero attached hydrogens (tertiary/aromatic N) is 5. The molecular weight excluding hydrogens is 498 g/mol. The summed E-state index contributed by atoms with van der Waals surface area (Å²) in [6.45, 7) is 2.97. The summed E-state index contributed by atoms with van der Waals surface area (Å²) < 4.78 is 9.93. The van der Waals surface area contributed by atoms with Crippen LogP contribution in [-0.4, -0.2) is 26.9 Å². The molecule has 0 aliphatic carbocycles. The summed E-state index contributed by atoms with van der Waals surface area (Å²) in [6, 6.07) is 25.7. The summed E-state index contributed by atoms with van der Waals surface area (Å²) in [5.41, 5.74) is 6.46. The van der Waals surface area contributed by atoms with Gasteiger partial charge in [-0.3, -0.25) is 4.79 Å². The summed E-state index contributed by atoms with van der Waals surface area (Å²) in [5.74, 6) is -0.118. The number of aromatic nitrogens is 3. The summed E-state index contributed by atoms with van der Waals surface area (Å²) in [5, 5.41) is 15.4. The van der Waals surface area contributed by atoms with Crippen LogP contribution in [0.15, 0.2) is 85.2 Å². The van der Waals surface area contributed by atoms with E-state index in [1.807, 2.05) is 102 Å². The summed E-state index contributed by atoms with van der Waals surface area (Å²) in [7, 11) is 1.96. The molecule has 1 aliphatic rings. The fraction of sp³-hybridized carbons (Fsp3) is 0.242. The molecular formula is C33H31N5O2. The molecule has 2 aromatic heterocycles. The highest BCUT2D eigenvalue weighted by Gasteiger charge is 2.27. The molecule has 0 radical (unpaired) electrons. The van der Waals surface area contributed by atoms with Crippen molar-refractivity contribution < 1.29 is 9.53 Å². The van der Waals surface area contributed by atoms with Crippen LogP contribution in [0.4, 0.5) is 5.69 Å². The van der Waals surface area contributed by atoms with E-state index in [9.17, 15) is 10.1 Å². The average molecular weight is 530 g/mol. The normalized spacial score (nSPS) is 15.2. The van der Waals surface area contributed by atoms with Gasteiger partial charge in [0.2, 0.25) is 0 Å². The number of anilines is 1. The maximum absolute atomic E-state index is 14.6. The fourth-order valence-electron chi connectivity index (χ4n) is 5.54. The highest BCUT2D eigenvalue weighted by atomic mass is 16.5. The number of amides is 1. The third-order valence-corrected chi connectivity index (χ3v) is 7.81. The number of nitriles is 1. The minimum absolute atomic E-state index is 0.0715. The Bertz CT molecular complexity index is 1720. The van der Waals surface area contributed by atoms with E-state index in [1.54, 1.807) is 11.0 Å². The van der Waals surface area contributed by atoms with E-state index in [1.165, 1.54) is 0 Å². The van der Waals surface area contributed by atoms with Crippen molar-refractivity contribution in [2.45, 2.75) is 39.0 Å². The third-order valence-electron chi connectivity index (χ3n) is 7.81. The highest BCUT2D eigenvalue weighted by molar-refractivity contribution is 6.11. The van der Waals surface area contributed by atoms with E-state index in [2.05, 4.69) is 11.2 Å². The van der Waals surface area contributed by atoms with Crippen molar-refractivity contribution in [1.82, 2.24) is 14.3 Å². The first kappa shape index (κ1) is 25.6. The van der Waals surface area contributed by atoms with Crippen molar-refractivity contribution in [3.05, 3.63) is 108 Å². The Balaban J connectivity index is 1.46. The van der Waals surface area contributed by atoms with Crippen LogP contribution in [0.2, 0.25) is 0 Å². The van der Waals surface area contributed by atoms with Crippen molar-refractivity contribution in [2.24, 2.45) is 7.05 Å². The molecule has 6 rings (SSSR count). The van der Waals surface area contributed by atoms with E-state index in [4.69, 9.17) is 4.74 Å². The lowest BCUT2D eigenvalue weighted by molar-refractivity contribution is -0.0366. The molecule has 3 aromatic carbocycles. The van der Waals surface area contributed by atoms with Crippen LogP contribution < -0.4 is 4.90 Å². The lowest BCUT2D eigenvalue weighted by Gasteiger charge is -2.25. The zero-order chi connectivity index (χ0) is 27.6. The largest absolute Gasteiger partial charge is 0.356 e. The molecule has 1 aliphatic heterocycles. The van der Waals surface area contributed by atoms with Crippen LogP contribution in [0.3, 0.4) is 0 Å². The van der Waals surface area contributed by atoms with Gasteiger partial charge in [0.1, 0.15) is 0 Å². The van der Waals surface area contributed by atoms with Gasteiger partial charge in [0.25, 0.3) is 5.91 Å². The lowest BCUT2D eigenvalue weighted by Crippen LogP contribution is -2.31. The van der Waals surface area contributed by atoms with Crippen molar-refractivity contribution >= 4 is 22.5 Å². The second-order valence-corrected chi connectivity index (χ2v) is 10.3. The van der Waals surface area contributed by atoms with E-state index < -0.39 is 0 Å². The Labute approximate surface area is 233 Å². The molecule has 5 aromatic rings. The molecule has 200 valence electrons. The van der Waals surface area contributed by atoms with Crippen LogP contribution >= 0.6 is 0 Å². The third kappa shape index (κ3) is 4.67. The first-order valence-corrected chi connectivity index (χ1v) is 13.6. The number of fused-ring (bicyclic) bond motifs is 1. The van der Waals surface area contributed by atoms with Gasteiger partial charge in [-0.1, -0.05) is 48.5 Å². The number of hydrogen-bond acceptors (Lipinski definition) is 4. The standard InChI is InChI=1S/C33H31N5O2/c1-23-32(29(22-36(23)2)24-10-4-3-5-11-24)33(39)37(21-26-13-7-6-12-25(26)19-34)28-15-16-30-27(18-28)20-35-38(30)31-14-8-9-17-40-31/h3-7,10-13,15-16,18,20,22,31H,8-9,14,17,21H2,1-2H3. The van der Waals surface area contributed by atoms with Gasteiger partial charge in [0.15, 0.2) is 6.23 Å². The predicted molar refractivity (Wildman–Crippen MR) is 156 cm³/mol. The maximum Gasteiger partial charge on any atom is 0.261 e. The number of ether oxygens (including phenoxy) is 1. The second-order valence-electron chi connectivity index (χ2n) is 10.3. The molecule has 1 unspecified atom stereocenters. The first-order chi connectivity index (χ1) is 19.5. The fourth-order valence-corrected chi connectivity index (χ4v) is 5.54. The number of hydrogen-bond donors (Lipinski definition) is 0. The number of carbonyl (C=O) groups is 1. The van der Waals surface area contributed by atoms with E-state index in [0.717, 1.165) is 64.8 Å². The highest BCUT2D eigenvalue weighted by Crippen LogP contribution is 2.33. The number of benzene rings is 3. The molecule has 3 heterocycles. The van der Waals surface area contributed by atoms with Gasteiger partial charge in [-0.2, -0.15) is 10.4 Å². The molecule has 7 nitrogen and oxygen atoms in total. The van der Waals surface area contributed by atoms with Crippen LogP contribution in [0.25, 0.3) is 22.0 Å². The van der Waals surface area contributed by atoms with Gasteiger partial charge >= 0.3 is 0 Å². The molecule has 1 atom stereocenters. The van der Waals surface area contributed by atoms with Gasteiger partial charge in [0, 0.05) is 42.2 Å². The zero-order valence-corrected chi connectivity index (χ0v) is 22.7. The molecule has 7 heteroatoms. The zero-order valence-electron chi connectivity index (χ0n) is 22.7. The number of carbonyl (C=O) groups excluding carboxylic acids is 1. The minimum Gasteiger partial charge on any atom is -0.356 e. The van der Waals surface area contributed by atoms with Crippen molar-refractivity contribution in [1.29, 1.82) is 5.26 Å². The Morgan fingerprint density at radius 1 is 1.10 bits per heavy atom. The second kappa shape index (κ2) is 10.8. The van der Waals surface area contributed by atoms with Gasteiger partial charge in [-0.25, -0.2) is 4.68 Å². The van der Waals surface area contributed by atoms with Crippen LogP contribution in [0.1, 0.15) is 52.7 Å². The topological polar surface area (TPSA) is 76.1 Å². The Morgan fingerprint density at radius 2 is 1.90 bits per heavy atom. The van der Waals surface area contributed by atoms with Crippen molar-refractivity contribution in [3.63, 3.8) is 0 Å². The quantitative estimate of drug-likeness (QED) is 0.243. The molecule has 0 spiro atoms. The van der Waals surface area contributed by atoms with Gasteiger partial charge in [-0.15, -0.1) is 0 Å². The Kier molecular flexibility index (Phi) is 6.93. The molecule has 40 heavy (non-hydrogen) atoms. The van der Waals surface area contributed by atoms with Gasteiger partial charge < -0.3 is 14.2 Å². The molecule has 1 amide bonds. The minimum atomic E-state index is -0.118. The molecule has 0 saturated carbocycles. The average Bonchev–Trinajstić information content (AvgIpc) is 3.56. The van der Waals surface area contributed by atoms with Crippen molar-refractivity contribution in [3.8, 4) is 17.2 Å². The summed E-state index contributed by atoms with van der Waals surface area (Å²) >= 11 is 0. The Hall–Kier alpha value is -4.67. The smallest absolute Gasteiger partial charge is 0.261 e. The molecule has 1 saturated heterocycles. The van der Waals surface area contributed by atoms with E-state index >= 15 is 0 Å². The Morgan fingerprint density at radius 3 is 2.67 bits per heavy atom. The molecule has 1 fully saturated rings. The van der Waals surface area contributed by atoms with Crippen LogP contribution in [0, 0.1) is 18.3 Å². The van der Waals surface area contributed by atoms with Gasteiger partial charge in [0.05, 0.1) is 35.5 Å². The van der Waals surface area contributed by atoms with Crippen molar-refractivity contribution in [2.75, 3.05) is 11.5 Å². The number of aryl methyl sites for hydroxylation is 1. The first-order valence-electron chi connectivity index (χ1n) is 13.6. The van der Waals surface area contributed by atoms with E-state index in [-0.39, 0.29) is 18.7 Å². The maximum atomic E-state index is 14.6. The van der Waals surface area contributed by atoms with Gasteiger partial charge in [-0.05, 0) is 61.6 Å².